The highest BCUT2D eigenvalue weighted by Crippen LogP contribution is 2.31. The number of alkyl halides is 2. The molecule has 2 heterocycles. The van der Waals surface area contributed by atoms with Crippen LogP contribution >= 0.6 is 0 Å². The van der Waals surface area contributed by atoms with E-state index in [4.69, 9.17) is 5.73 Å². The van der Waals surface area contributed by atoms with E-state index in [9.17, 15) is 18.4 Å². The Kier molecular flexibility index (Phi) is 6.31. The van der Waals surface area contributed by atoms with Crippen LogP contribution in [0.5, 0.6) is 0 Å². The lowest BCUT2D eigenvalue weighted by molar-refractivity contribution is 0.0257. The summed E-state index contributed by atoms with van der Waals surface area (Å²) in [4.78, 5) is 34.6. The first-order valence-electron chi connectivity index (χ1n) is 10.9. The van der Waals surface area contributed by atoms with Crippen LogP contribution in [-0.4, -0.2) is 72.6 Å². The number of amides is 2. The number of carbonyl (C=O) groups excluding carboxylic acids is 2. The van der Waals surface area contributed by atoms with E-state index < -0.39 is 11.8 Å². The zero-order chi connectivity index (χ0) is 23.6. The second kappa shape index (κ2) is 9.17. The van der Waals surface area contributed by atoms with Crippen LogP contribution in [0.15, 0.2) is 53.5 Å². The molecule has 0 saturated carbocycles. The van der Waals surface area contributed by atoms with E-state index in [1.807, 2.05) is 6.92 Å². The number of aliphatic imine (C=N–C) groups is 1. The predicted molar refractivity (Wildman–Crippen MR) is 123 cm³/mol. The van der Waals surface area contributed by atoms with Crippen LogP contribution in [0.3, 0.4) is 0 Å². The number of carbonyl (C=O) groups is 2. The Morgan fingerprint density at radius 3 is 2.18 bits per heavy atom. The molecular formula is C24H27F2N5O2. The van der Waals surface area contributed by atoms with E-state index in [0.717, 1.165) is 5.84 Å². The zero-order valence-electron chi connectivity index (χ0n) is 18.5. The molecule has 33 heavy (non-hydrogen) atoms. The first kappa shape index (κ1) is 22.7. The summed E-state index contributed by atoms with van der Waals surface area (Å²) in [5.74, 6) is -2.51. The van der Waals surface area contributed by atoms with Gasteiger partial charge in [-0.25, -0.2) is 13.8 Å². The molecule has 0 aliphatic carbocycles. The SMILES string of the molecule is CC(=Nc1ccccc1C(N)=O)N1CCN(C(=O)c2ccc(N3CCC(F)(F)C3)cc2)CC1. The summed E-state index contributed by atoms with van der Waals surface area (Å²) in [5, 5.41) is 0. The van der Waals surface area contributed by atoms with Crippen molar-refractivity contribution in [1.29, 1.82) is 0 Å². The smallest absolute Gasteiger partial charge is 0.266 e. The van der Waals surface area contributed by atoms with Gasteiger partial charge in [0.25, 0.3) is 17.7 Å². The molecule has 2 saturated heterocycles. The molecule has 9 heteroatoms. The fourth-order valence-electron chi connectivity index (χ4n) is 4.21. The molecular weight excluding hydrogens is 428 g/mol. The number of benzene rings is 2. The van der Waals surface area contributed by atoms with Crippen molar-refractivity contribution in [2.75, 3.05) is 44.2 Å². The van der Waals surface area contributed by atoms with Crippen molar-refractivity contribution in [3.63, 3.8) is 0 Å². The van der Waals surface area contributed by atoms with Crippen LogP contribution in [0, 0.1) is 0 Å². The molecule has 0 bridgehead atoms. The van der Waals surface area contributed by atoms with Crippen molar-refractivity contribution < 1.29 is 18.4 Å². The van der Waals surface area contributed by atoms with Crippen molar-refractivity contribution in [2.45, 2.75) is 19.3 Å². The van der Waals surface area contributed by atoms with Gasteiger partial charge in [0.2, 0.25) is 0 Å². The Hall–Kier alpha value is -3.49. The highest BCUT2D eigenvalue weighted by atomic mass is 19.3. The molecule has 0 aromatic heterocycles. The summed E-state index contributed by atoms with van der Waals surface area (Å²) in [6.07, 6.45) is -0.144. The Labute approximate surface area is 191 Å². The second-order valence-corrected chi connectivity index (χ2v) is 8.39. The fraction of sp³-hybridized carbons (Fsp3) is 0.375. The molecule has 0 atom stereocenters. The van der Waals surface area contributed by atoms with Crippen LogP contribution in [0.2, 0.25) is 0 Å². The third-order valence-electron chi connectivity index (χ3n) is 6.13. The standard InChI is InChI=1S/C24H27F2N5O2/c1-17(28-21-5-3-2-4-20(21)22(27)32)29-12-14-30(15-13-29)23(33)18-6-8-19(9-7-18)31-11-10-24(25,26)16-31/h2-9H,10-16H2,1H3,(H2,27,32). The fourth-order valence-corrected chi connectivity index (χ4v) is 4.21. The van der Waals surface area contributed by atoms with Gasteiger partial charge in [-0.05, 0) is 43.3 Å². The third-order valence-corrected chi connectivity index (χ3v) is 6.13. The van der Waals surface area contributed by atoms with Gasteiger partial charge in [0, 0.05) is 50.4 Å². The first-order valence-corrected chi connectivity index (χ1v) is 10.9. The predicted octanol–water partition coefficient (Wildman–Crippen LogP) is 3.14. The number of piperazine rings is 1. The summed E-state index contributed by atoms with van der Waals surface area (Å²) in [5.41, 5.74) is 7.57. The molecule has 4 rings (SSSR count). The molecule has 0 radical (unpaired) electrons. The molecule has 174 valence electrons. The molecule has 2 aromatic rings. The lowest BCUT2D eigenvalue weighted by Crippen LogP contribution is -2.50. The molecule has 2 aliphatic rings. The summed E-state index contributed by atoms with van der Waals surface area (Å²) in [6, 6.07) is 13.8. The number of anilines is 1. The Morgan fingerprint density at radius 2 is 1.58 bits per heavy atom. The minimum atomic E-state index is -2.66. The number of halogens is 2. The van der Waals surface area contributed by atoms with Crippen molar-refractivity contribution >= 4 is 29.0 Å². The third kappa shape index (κ3) is 5.13. The molecule has 2 fully saturated rings. The van der Waals surface area contributed by atoms with Crippen LogP contribution < -0.4 is 10.6 Å². The minimum Gasteiger partial charge on any atom is -0.366 e. The summed E-state index contributed by atoms with van der Waals surface area (Å²) in [7, 11) is 0. The molecule has 0 unspecified atom stereocenters. The van der Waals surface area contributed by atoms with Crippen LogP contribution in [0.4, 0.5) is 20.2 Å². The minimum absolute atomic E-state index is 0.0818. The number of para-hydroxylation sites is 1. The molecule has 0 spiro atoms. The van der Waals surface area contributed by atoms with Crippen molar-refractivity contribution in [3.05, 3.63) is 59.7 Å². The number of primary amides is 1. The zero-order valence-corrected chi connectivity index (χ0v) is 18.5. The largest absolute Gasteiger partial charge is 0.366 e. The maximum atomic E-state index is 13.5. The lowest BCUT2D eigenvalue weighted by atomic mass is 10.1. The van der Waals surface area contributed by atoms with E-state index >= 15 is 0 Å². The average Bonchev–Trinajstić information content (AvgIpc) is 3.18. The maximum Gasteiger partial charge on any atom is 0.266 e. The quantitative estimate of drug-likeness (QED) is 0.567. The molecule has 2 aliphatic heterocycles. The van der Waals surface area contributed by atoms with E-state index in [2.05, 4.69) is 9.89 Å². The van der Waals surface area contributed by atoms with E-state index in [0.29, 0.717) is 55.2 Å². The van der Waals surface area contributed by atoms with Gasteiger partial charge in [0.05, 0.1) is 17.8 Å². The monoisotopic (exact) mass is 455 g/mol. The molecule has 7 nitrogen and oxygen atoms in total. The second-order valence-electron chi connectivity index (χ2n) is 8.39. The van der Waals surface area contributed by atoms with E-state index in [1.54, 1.807) is 58.3 Å². The highest BCUT2D eigenvalue weighted by molar-refractivity contribution is 5.99. The summed E-state index contributed by atoms with van der Waals surface area (Å²) in [6.45, 7) is 4.18. The highest BCUT2D eigenvalue weighted by Gasteiger charge is 2.38. The van der Waals surface area contributed by atoms with Gasteiger partial charge >= 0.3 is 0 Å². The van der Waals surface area contributed by atoms with Gasteiger partial charge in [-0.15, -0.1) is 0 Å². The Morgan fingerprint density at radius 1 is 0.939 bits per heavy atom. The number of amidine groups is 1. The number of nitrogens with zero attached hydrogens (tertiary/aromatic N) is 4. The number of rotatable bonds is 4. The Bertz CT molecular complexity index is 1060. The number of hydrogen-bond acceptors (Lipinski definition) is 4. The van der Waals surface area contributed by atoms with Crippen LogP contribution in [-0.2, 0) is 0 Å². The van der Waals surface area contributed by atoms with Crippen molar-refractivity contribution in [1.82, 2.24) is 9.80 Å². The van der Waals surface area contributed by atoms with Crippen molar-refractivity contribution in [3.8, 4) is 0 Å². The first-order chi connectivity index (χ1) is 15.7. The van der Waals surface area contributed by atoms with Gasteiger partial charge < -0.3 is 20.4 Å². The van der Waals surface area contributed by atoms with Gasteiger partial charge in [0.15, 0.2) is 0 Å². The lowest BCUT2D eigenvalue weighted by Gasteiger charge is -2.36. The van der Waals surface area contributed by atoms with Crippen LogP contribution in [0.1, 0.15) is 34.1 Å². The molecule has 2 N–H and O–H groups in total. The average molecular weight is 456 g/mol. The number of hydrogen-bond donors (Lipinski definition) is 1. The van der Waals surface area contributed by atoms with E-state index in [1.165, 1.54) is 0 Å². The van der Waals surface area contributed by atoms with Gasteiger partial charge in [-0.1, -0.05) is 12.1 Å². The normalized spacial score (nSPS) is 18.5. The van der Waals surface area contributed by atoms with Crippen LogP contribution in [0.25, 0.3) is 0 Å². The summed E-state index contributed by atoms with van der Waals surface area (Å²) < 4.78 is 26.9. The number of nitrogens with two attached hydrogens (primary N) is 1. The topological polar surface area (TPSA) is 82.2 Å². The van der Waals surface area contributed by atoms with Gasteiger partial charge in [-0.2, -0.15) is 0 Å². The van der Waals surface area contributed by atoms with Crippen molar-refractivity contribution in [2.24, 2.45) is 10.7 Å². The molecule has 2 amide bonds. The van der Waals surface area contributed by atoms with Gasteiger partial charge in [0.1, 0.15) is 5.84 Å². The van der Waals surface area contributed by atoms with Gasteiger partial charge in [-0.3, -0.25) is 9.59 Å². The summed E-state index contributed by atoms with van der Waals surface area (Å²) >= 11 is 0. The molecule has 2 aromatic carbocycles. The van der Waals surface area contributed by atoms with E-state index in [-0.39, 0.29) is 18.9 Å². The Balaban J connectivity index is 1.36. The maximum absolute atomic E-state index is 13.5.